The van der Waals surface area contributed by atoms with E-state index in [-0.39, 0.29) is 11.8 Å². The Bertz CT molecular complexity index is 1180. The van der Waals surface area contributed by atoms with E-state index in [0.717, 1.165) is 17.8 Å². The fourth-order valence-electron chi connectivity index (χ4n) is 2.98. The van der Waals surface area contributed by atoms with Gasteiger partial charge in [-0.05, 0) is 35.1 Å². The third-order valence-electron chi connectivity index (χ3n) is 4.58. The summed E-state index contributed by atoms with van der Waals surface area (Å²) in [5, 5.41) is 2.48. The lowest BCUT2D eigenvalue weighted by Gasteiger charge is -2.20. The van der Waals surface area contributed by atoms with Gasteiger partial charge in [0, 0.05) is 26.0 Å². The first-order chi connectivity index (χ1) is 13.8. The SMILES string of the molecule is CC(C)c1cc(F)cc(C(C)C)c1NC(=O)NS(=O)(=O)c1cn(C)c(=O)n(C)c1=O. The summed E-state index contributed by atoms with van der Waals surface area (Å²) in [6.45, 7) is 7.25. The van der Waals surface area contributed by atoms with Crippen molar-refractivity contribution in [3.8, 4) is 0 Å². The molecule has 0 bridgehead atoms. The number of aromatic nitrogens is 2. The summed E-state index contributed by atoms with van der Waals surface area (Å²) in [7, 11) is -2.16. The molecule has 0 aliphatic heterocycles. The Hall–Kier alpha value is -2.95. The number of amides is 2. The Balaban J connectivity index is 2.46. The topological polar surface area (TPSA) is 119 Å². The van der Waals surface area contributed by atoms with E-state index in [1.807, 2.05) is 27.7 Å². The normalized spacial score (nSPS) is 11.8. The predicted molar refractivity (Wildman–Crippen MR) is 111 cm³/mol. The highest BCUT2D eigenvalue weighted by atomic mass is 32.2. The van der Waals surface area contributed by atoms with E-state index in [2.05, 4.69) is 5.32 Å². The van der Waals surface area contributed by atoms with Gasteiger partial charge in [-0.1, -0.05) is 27.7 Å². The molecule has 1 aromatic heterocycles. The number of aryl methyl sites for hydroxylation is 1. The molecule has 164 valence electrons. The number of anilines is 1. The van der Waals surface area contributed by atoms with Crippen LogP contribution in [0.3, 0.4) is 0 Å². The maximum atomic E-state index is 14.0. The van der Waals surface area contributed by atoms with Gasteiger partial charge in [-0.2, -0.15) is 0 Å². The number of hydrogen-bond acceptors (Lipinski definition) is 5. The van der Waals surface area contributed by atoms with Crippen LogP contribution in [0.5, 0.6) is 0 Å². The van der Waals surface area contributed by atoms with E-state index in [1.54, 1.807) is 4.72 Å². The van der Waals surface area contributed by atoms with Crippen LogP contribution in [0.15, 0.2) is 32.8 Å². The Labute approximate surface area is 173 Å². The van der Waals surface area contributed by atoms with E-state index in [1.165, 1.54) is 19.2 Å². The Morgan fingerprint density at radius 1 is 1.03 bits per heavy atom. The zero-order chi connectivity index (χ0) is 23.0. The zero-order valence-electron chi connectivity index (χ0n) is 17.6. The number of sulfonamides is 1. The van der Waals surface area contributed by atoms with Crippen LogP contribution in [0, 0.1) is 5.82 Å². The van der Waals surface area contributed by atoms with Crippen LogP contribution >= 0.6 is 0 Å². The monoisotopic (exact) mass is 440 g/mol. The number of nitrogens with one attached hydrogen (secondary N) is 2. The number of benzene rings is 1. The summed E-state index contributed by atoms with van der Waals surface area (Å²) in [6, 6.07) is 1.45. The molecule has 9 nitrogen and oxygen atoms in total. The van der Waals surface area contributed by atoms with E-state index in [0.29, 0.717) is 21.4 Å². The fourth-order valence-corrected chi connectivity index (χ4v) is 4.05. The van der Waals surface area contributed by atoms with Crippen LogP contribution < -0.4 is 21.3 Å². The first kappa shape index (κ1) is 23.3. The second-order valence-corrected chi connectivity index (χ2v) is 9.23. The summed E-state index contributed by atoms with van der Waals surface area (Å²) in [5.41, 5.74) is -0.459. The Morgan fingerprint density at radius 3 is 2.00 bits per heavy atom. The molecule has 0 aliphatic carbocycles. The van der Waals surface area contributed by atoms with Gasteiger partial charge in [0.2, 0.25) is 0 Å². The summed E-state index contributed by atoms with van der Waals surface area (Å²) in [6.07, 6.45) is 0.845. The number of halogens is 1. The standard InChI is InChI=1S/C19H25FN4O5S/c1-10(2)13-7-12(20)8-14(11(3)4)16(13)21-18(26)22-30(28,29)15-9-23(5)19(27)24(6)17(15)25/h7-11H,1-6H3,(H2,21,22,26). The molecule has 0 saturated carbocycles. The molecule has 0 aliphatic rings. The molecule has 2 N–H and O–H groups in total. The van der Waals surface area contributed by atoms with Crippen molar-refractivity contribution in [3.05, 3.63) is 56.1 Å². The molecule has 11 heteroatoms. The van der Waals surface area contributed by atoms with Crippen molar-refractivity contribution in [1.82, 2.24) is 13.9 Å². The highest BCUT2D eigenvalue weighted by Crippen LogP contribution is 2.33. The van der Waals surface area contributed by atoms with Crippen LogP contribution in [0.2, 0.25) is 0 Å². The number of rotatable bonds is 5. The average molecular weight is 440 g/mol. The van der Waals surface area contributed by atoms with E-state index < -0.39 is 38.0 Å². The van der Waals surface area contributed by atoms with Gasteiger partial charge in [0.05, 0.1) is 0 Å². The number of urea groups is 1. The number of hydrogen-bond donors (Lipinski definition) is 2. The molecule has 2 aromatic rings. The van der Waals surface area contributed by atoms with Gasteiger partial charge in [0.15, 0.2) is 4.90 Å². The maximum Gasteiger partial charge on any atom is 0.333 e. The molecular formula is C19H25FN4O5S. The fraction of sp³-hybridized carbons (Fsp3) is 0.421. The van der Waals surface area contributed by atoms with E-state index >= 15 is 0 Å². The quantitative estimate of drug-likeness (QED) is 0.737. The Morgan fingerprint density at radius 2 is 1.53 bits per heavy atom. The van der Waals surface area contributed by atoms with E-state index in [9.17, 15) is 27.2 Å². The van der Waals surface area contributed by atoms with Crippen molar-refractivity contribution in [2.24, 2.45) is 14.1 Å². The first-order valence-electron chi connectivity index (χ1n) is 9.20. The van der Waals surface area contributed by atoms with Crippen molar-refractivity contribution < 1.29 is 17.6 Å². The van der Waals surface area contributed by atoms with Crippen LogP contribution in [-0.4, -0.2) is 23.6 Å². The molecule has 0 unspecified atom stereocenters. The van der Waals surface area contributed by atoms with Crippen molar-refractivity contribution in [2.75, 3.05) is 5.32 Å². The smallest absolute Gasteiger partial charge is 0.307 e. The lowest BCUT2D eigenvalue weighted by Crippen LogP contribution is -2.43. The zero-order valence-corrected chi connectivity index (χ0v) is 18.4. The molecule has 0 saturated heterocycles. The van der Waals surface area contributed by atoms with Crippen LogP contribution in [-0.2, 0) is 24.1 Å². The molecule has 0 fully saturated rings. The van der Waals surface area contributed by atoms with Crippen LogP contribution in [0.25, 0.3) is 0 Å². The van der Waals surface area contributed by atoms with Crippen molar-refractivity contribution >= 4 is 21.7 Å². The number of carbonyl (C=O) groups excluding carboxylic acids is 1. The highest BCUT2D eigenvalue weighted by Gasteiger charge is 2.25. The van der Waals surface area contributed by atoms with Gasteiger partial charge in [0.1, 0.15) is 5.82 Å². The summed E-state index contributed by atoms with van der Waals surface area (Å²) >= 11 is 0. The highest BCUT2D eigenvalue weighted by molar-refractivity contribution is 7.90. The summed E-state index contributed by atoms with van der Waals surface area (Å²) in [5.74, 6) is -0.767. The van der Waals surface area contributed by atoms with Gasteiger partial charge in [0.25, 0.3) is 15.6 Å². The maximum absolute atomic E-state index is 14.0. The molecule has 1 heterocycles. The second kappa shape index (κ2) is 8.42. The summed E-state index contributed by atoms with van der Waals surface area (Å²) in [4.78, 5) is 35.7. The van der Waals surface area contributed by atoms with E-state index in [4.69, 9.17) is 0 Å². The molecule has 2 amide bonds. The van der Waals surface area contributed by atoms with Crippen molar-refractivity contribution in [2.45, 2.75) is 44.4 Å². The lowest BCUT2D eigenvalue weighted by molar-refractivity contribution is 0.256. The van der Waals surface area contributed by atoms with Gasteiger partial charge < -0.3 is 9.88 Å². The van der Waals surface area contributed by atoms with Crippen molar-refractivity contribution in [1.29, 1.82) is 0 Å². The number of nitrogens with zero attached hydrogens (tertiary/aromatic N) is 2. The van der Waals surface area contributed by atoms with Crippen molar-refractivity contribution in [3.63, 3.8) is 0 Å². The minimum absolute atomic E-state index is 0.152. The Kier molecular flexibility index (Phi) is 6.55. The molecule has 0 atom stereocenters. The third kappa shape index (κ3) is 4.61. The predicted octanol–water partition coefficient (Wildman–Crippen LogP) is 1.98. The van der Waals surface area contributed by atoms with Gasteiger partial charge in [-0.3, -0.25) is 9.36 Å². The van der Waals surface area contributed by atoms with Gasteiger partial charge in [-0.25, -0.2) is 27.1 Å². The van der Waals surface area contributed by atoms with Gasteiger partial charge >= 0.3 is 11.7 Å². The van der Waals surface area contributed by atoms with Crippen LogP contribution in [0.4, 0.5) is 14.9 Å². The summed E-state index contributed by atoms with van der Waals surface area (Å²) < 4.78 is 42.5. The molecule has 1 aromatic carbocycles. The molecular weight excluding hydrogens is 415 g/mol. The van der Waals surface area contributed by atoms with Gasteiger partial charge in [-0.15, -0.1) is 0 Å². The average Bonchev–Trinajstić information content (AvgIpc) is 2.62. The minimum Gasteiger partial charge on any atom is -0.307 e. The number of carbonyl (C=O) groups is 1. The third-order valence-corrected chi connectivity index (χ3v) is 5.89. The minimum atomic E-state index is -4.58. The lowest BCUT2D eigenvalue weighted by atomic mass is 9.92. The molecule has 0 radical (unpaired) electrons. The molecule has 2 rings (SSSR count). The molecule has 30 heavy (non-hydrogen) atoms. The molecule has 0 spiro atoms. The van der Waals surface area contributed by atoms with Crippen LogP contribution in [0.1, 0.15) is 50.7 Å². The second-order valence-electron chi connectivity index (χ2n) is 7.58. The largest absolute Gasteiger partial charge is 0.333 e. The first-order valence-corrected chi connectivity index (χ1v) is 10.7.